The monoisotopic (exact) mass is 496 g/mol. The Balaban J connectivity index is 1.54. The largest absolute Gasteiger partial charge is 0.477 e. The summed E-state index contributed by atoms with van der Waals surface area (Å²) in [7, 11) is 3.74. The van der Waals surface area contributed by atoms with Gasteiger partial charge in [-0.15, -0.1) is 0 Å². The zero-order valence-corrected chi connectivity index (χ0v) is 20.8. The van der Waals surface area contributed by atoms with E-state index in [0.717, 1.165) is 47.2 Å². The molecule has 4 aromatic heterocycles. The number of hydrogen-bond acceptors (Lipinski definition) is 6. The highest BCUT2D eigenvalue weighted by molar-refractivity contribution is 5.97. The summed E-state index contributed by atoms with van der Waals surface area (Å²) in [6.07, 6.45) is 8.51. The molecule has 1 aliphatic carbocycles. The van der Waals surface area contributed by atoms with Crippen LogP contribution in [-0.2, 0) is 11.3 Å². The minimum absolute atomic E-state index is 0.0633. The van der Waals surface area contributed by atoms with Gasteiger partial charge in [0.15, 0.2) is 5.65 Å². The summed E-state index contributed by atoms with van der Waals surface area (Å²) >= 11 is 0. The molecule has 9 heteroatoms. The van der Waals surface area contributed by atoms with Gasteiger partial charge in [-0.25, -0.2) is 14.8 Å². The van der Waals surface area contributed by atoms with Crippen LogP contribution in [0.3, 0.4) is 0 Å². The van der Waals surface area contributed by atoms with Crippen molar-refractivity contribution in [1.82, 2.24) is 24.1 Å². The molecule has 0 amide bonds. The van der Waals surface area contributed by atoms with Gasteiger partial charge in [-0.05, 0) is 37.0 Å². The van der Waals surface area contributed by atoms with Gasteiger partial charge in [0.2, 0.25) is 0 Å². The summed E-state index contributed by atoms with van der Waals surface area (Å²) in [5.41, 5.74) is 3.95. The summed E-state index contributed by atoms with van der Waals surface area (Å²) in [6.45, 7) is 0.628. The van der Waals surface area contributed by atoms with Crippen molar-refractivity contribution in [3.8, 4) is 11.3 Å². The molecule has 5 aromatic rings. The number of hydrogen-bond donors (Lipinski definition) is 1. The molecule has 0 aliphatic heterocycles. The van der Waals surface area contributed by atoms with E-state index in [-0.39, 0.29) is 17.7 Å². The number of carbonyl (C=O) groups is 1. The van der Waals surface area contributed by atoms with Crippen LogP contribution in [0.25, 0.3) is 27.9 Å². The summed E-state index contributed by atoms with van der Waals surface area (Å²) in [6, 6.07) is 16.2. The van der Waals surface area contributed by atoms with E-state index in [1.54, 1.807) is 17.8 Å². The number of benzene rings is 1. The molecule has 2 atom stereocenters. The van der Waals surface area contributed by atoms with Crippen LogP contribution in [0.15, 0.2) is 67.1 Å². The molecule has 0 spiro atoms. The van der Waals surface area contributed by atoms with Gasteiger partial charge < -0.3 is 19.3 Å². The van der Waals surface area contributed by atoms with Crippen LogP contribution in [-0.4, -0.2) is 55.5 Å². The van der Waals surface area contributed by atoms with Crippen LogP contribution < -0.4 is 4.90 Å². The smallest absolute Gasteiger partial charge is 0.341 e. The second-order valence-electron chi connectivity index (χ2n) is 9.54. The molecular weight excluding hydrogens is 468 g/mol. The first kappa shape index (κ1) is 23.2. The van der Waals surface area contributed by atoms with Gasteiger partial charge in [0.1, 0.15) is 17.0 Å². The van der Waals surface area contributed by atoms with Crippen LogP contribution in [0.2, 0.25) is 0 Å². The summed E-state index contributed by atoms with van der Waals surface area (Å²) in [4.78, 5) is 23.6. The van der Waals surface area contributed by atoms with Gasteiger partial charge in [0, 0.05) is 50.1 Å². The summed E-state index contributed by atoms with van der Waals surface area (Å²) in [5, 5.41) is 15.2. The number of carboxylic acids is 1. The SMILES string of the molecule is CO[C@H]1CCC[C@@H]1n1cc(-c2cc(N(C)Cc3ccccc3)n3ncc(C(=O)O)c3n2)c2cccnc21. The van der Waals surface area contributed by atoms with E-state index in [0.29, 0.717) is 17.9 Å². The third kappa shape index (κ3) is 4.01. The molecule has 1 N–H and O–H groups in total. The number of pyridine rings is 1. The predicted octanol–water partition coefficient (Wildman–Crippen LogP) is 4.82. The Kier molecular flexibility index (Phi) is 5.84. The number of nitrogens with zero attached hydrogens (tertiary/aromatic N) is 6. The van der Waals surface area contributed by atoms with E-state index in [9.17, 15) is 9.90 Å². The quantitative estimate of drug-likeness (QED) is 0.345. The van der Waals surface area contributed by atoms with Gasteiger partial charge in [-0.3, -0.25) is 0 Å². The fraction of sp³-hybridized carbons (Fsp3) is 0.286. The maximum atomic E-state index is 12.0. The first-order valence-electron chi connectivity index (χ1n) is 12.4. The van der Waals surface area contributed by atoms with Gasteiger partial charge in [0.05, 0.1) is 24.0 Å². The Morgan fingerprint density at radius 3 is 2.78 bits per heavy atom. The molecule has 9 nitrogen and oxygen atoms in total. The first-order valence-corrected chi connectivity index (χ1v) is 12.4. The number of methoxy groups -OCH3 is 1. The van der Waals surface area contributed by atoms with Crippen LogP contribution in [0, 0.1) is 0 Å². The lowest BCUT2D eigenvalue weighted by Gasteiger charge is -2.21. The van der Waals surface area contributed by atoms with E-state index in [2.05, 4.69) is 32.9 Å². The van der Waals surface area contributed by atoms with Crippen molar-refractivity contribution >= 4 is 28.5 Å². The topological polar surface area (TPSA) is 97.8 Å². The highest BCUT2D eigenvalue weighted by Crippen LogP contribution is 2.38. The summed E-state index contributed by atoms with van der Waals surface area (Å²) < 4.78 is 9.60. The van der Waals surface area contributed by atoms with E-state index in [4.69, 9.17) is 14.7 Å². The molecule has 0 saturated heterocycles. The number of fused-ring (bicyclic) bond motifs is 2. The molecule has 1 saturated carbocycles. The van der Waals surface area contributed by atoms with Crippen molar-refractivity contribution in [2.45, 2.75) is 38.0 Å². The number of ether oxygens (including phenoxy) is 1. The van der Waals surface area contributed by atoms with E-state index >= 15 is 0 Å². The van der Waals surface area contributed by atoms with Crippen molar-refractivity contribution in [3.63, 3.8) is 0 Å². The fourth-order valence-corrected chi connectivity index (χ4v) is 5.49. The van der Waals surface area contributed by atoms with Crippen LogP contribution in [0.1, 0.15) is 41.2 Å². The molecule has 188 valence electrons. The number of aromatic carboxylic acids is 1. The Labute approximate surface area is 213 Å². The number of aromatic nitrogens is 5. The maximum absolute atomic E-state index is 12.0. The van der Waals surface area contributed by atoms with E-state index < -0.39 is 5.97 Å². The second kappa shape index (κ2) is 9.33. The fourth-order valence-electron chi connectivity index (χ4n) is 5.49. The van der Waals surface area contributed by atoms with E-state index in [1.165, 1.54) is 6.20 Å². The van der Waals surface area contributed by atoms with Gasteiger partial charge in [0.25, 0.3) is 0 Å². The molecule has 6 rings (SSSR count). The number of anilines is 1. The van der Waals surface area contributed by atoms with Gasteiger partial charge in [-0.1, -0.05) is 30.3 Å². The average molecular weight is 497 g/mol. The molecule has 4 heterocycles. The Morgan fingerprint density at radius 1 is 1.16 bits per heavy atom. The normalized spacial score (nSPS) is 17.6. The second-order valence-corrected chi connectivity index (χ2v) is 9.54. The molecule has 1 aliphatic rings. The predicted molar refractivity (Wildman–Crippen MR) is 141 cm³/mol. The van der Waals surface area contributed by atoms with Crippen LogP contribution in [0.4, 0.5) is 5.82 Å². The molecule has 0 radical (unpaired) electrons. The summed E-state index contributed by atoms with van der Waals surface area (Å²) in [5.74, 6) is -0.314. The third-order valence-electron chi connectivity index (χ3n) is 7.28. The molecule has 37 heavy (non-hydrogen) atoms. The number of rotatable bonds is 7. The highest BCUT2D eigenvalue weighted by Gasteiger charge is 2.31. The first-order chi connectivity index (χ1) is 18.0. The molecule has 0 bridgehead atoms. The van der Waals surface area contributed by atoms with Crippen LogP contribution in [0.5, 0.6) is 0 Å². The minimum atomic E-state index is -1.06. The Bertz CT molecular complexity index is 1590. The minimum Gasteiger partial charge on any atom is -0.477 e. The van der Waals surface area contributed by atoms with E-state index in [1.807, 2.05) is 43.4 Å². The molecule has 0 unspecified atom stereocenters. The van der Waals surface area contributed by atoms with Crippen LogP contribution >= 0.6 is 0 Å². The lowest BCUT2D eigenvalue weighted by molar-refractivity contribution is 0.0698. The van der Waals surface area contributed by atoms with Gasteiger partial charge in [-0.2, -0.15) is 9.61 Å². The van der Waals surface area contributed by atoms with Crippen molar-refractivity contribution < 1.29 is 14.6 Å². The zero-order chi connectivity index (χ0) is 25.5. The third-order valence-corrected chi connectivity index (χ3v) is 7.28. The average Bonchev–Trinajstić information content (AvgIpc) is 3.65. The van der Waals surface area contributed by atoms with Crippen molar-refractivity contribution in [2.75, 3.05) is 19.1 Å². The zero-order valence-electron chi connectivity index (χ0n) is 20.8. The van der Waals surface area contributed by atoms with Crippen molar-refractivity contribution in [3.05, 3.63) is 78.2 Å². The van der Waals surface area contributed by atoms with Crippen molar-refractivity contribution in [1.29, 1.82) is 0 Å². The van der Waals surface area contributed by atoms with Crippen molar-refractivity contribution in [2.24, 2.45) is 0 Å². The maximum Gasteiger partial charge on any atom is 0.341 e. The standard InChI is InChI=1S/C28H28N6O3/c1-32(16-18-8-4-3-5-9-18)25-14-22(31-27-20(28(35)36)15-30-34(25)27)21-17-33(23-11-6-12-24(23)37-2)26-19(21)10-7-13-29-26/h3-5,7-10,13-15,17,23-24H,6,11-12,16H2,1-2H3,(H,35,36)/t23-,24-/m0/s1. The number of carboxylic acid groups (broad SMARTS) is 1. The highest BCUT2D eigenvalue weighted by atomic mass is 16.5. The van der Waals surface area contributed by atoms with Gasteiger partial charge >= 0.3 is 5.97 Å². The Morgan fingerprint density at radius 2 is 2.00 bits per heavy atom. The molecular formula is C28H28N6O3. The Hall–Kier alpha value is -4.24. The lowest BCUT2D eigenvalue weighted by Crippen LogP contribution is -2.20. The molecule has 1 fully saturated rings. The lowest BCUT2D eigenvalue weighted by atomic mass is 10.1. The molecule has 1 aromatic carbocycles.